The summed E-state index contributed by atoms with van der Waals surface area (Å²) in [5.74, 6) is 0. The standard InChI is InChI=1S/C15H27NO2S/c1-2-3-4-5-6-7-9-18-12-15(17)11-16-14-8-10-19-13-14/h8,10,13,15-17H,2-7,9,11-12H2,1H3. The molecule has 0 aliphatic rings. The summed E-state index contributed by atoms with van der Waals surface area (Å²) in [7, 11) is 0. The van der Waals surface area contributed by atoms with Gasteiger partial charge in [0, 0.05) is 24.2 Å². The Hall–Kier alpha value is -0.580. The second-order valence-electron chi connectivity index (χ2n) is 4.89. The monoisotopic (exact) mass is 285 g/mol. The summed E-state index contributed by atoms with van der Waals surface area (Å²) in [5.41, 5.74) is 1.07. The van der Waals surface area contributed by atoms with Crippen LogP contribution >= 0.6 is 11.3 Å². The fourth-order valence-corrected chi connectivity index (χ4v) is 2.48. The van der Waals surface area contributed by atoms with Gasteiger partial charge in [0.15, 0.2) is 0 Å². The van der Waals surface area contributed by atoms with Crippen molar-refractivity contribution in [2.75, 3.05) is 25.1 Å². The molecule has 1 rings (SSSR count). The molecule has 1 unspecified atom stereocenters. The number of rotatable bonds is 12. The van der Waals surface area contributed by atoms with Crippen LogP contribution in [0.5, 0.6) is 0 Å². The molecule has 0 bridgehead atoms. The van der Waals surface area contributed by atoms with Gasteiger partial charge in [0.1, 0.15) is 0 Å². The summed E-state index contributed by atoms with van der Waals surface area (Å²) in [6, 6.07) is 2.01. The van der Waals surface area contributed by atoms with Crippen LogP contribution in [0.4, 0.5) is 5.69 Å². The zero-order valence-corrected chi connectivity index (χ0v) is 12.8. The highest BCUT2D eigenvalue weighted by molar-refractivity contribution is 7.08. The lowest BCUT2D eigenvalue weighted by Gasteiger charge is -2.12. The van der Waals surface area contributed by atoms with Gasteiger partial charge < -0.3 is 15.2 Å². The third-order valence-corrected chi connectivity index (χ3v) is 3.70. The Balaban J connectivity index is 1.86. The molecule has 0 spiro atoms. The van der Waals surface area contributed by atoms with Gasteiger partial charge in [0.05, 0.1) is 12.7 Å². The lowest BCUT2D eigenvalue weighted by molar-refractivity contribution is 0.0416. The van der Waals surface area contributed by atoms with E-state index in [9.17, 15) is 5.11 Å². The fraction of sp³-hybridized carbons (Fsp3) is 0.733. The van der Waals surface area contributed by atoms with E-state index in [4.69, 9.17) is 4.74 Å². The maximum Gasteiger partial charge on any atom is 0.0945 e. The molecule has 0 radical (unpaired) electrons. The van der Waals surface area contributed by atoms with Crippen molar-refractivity contribution in [3.05, 3.63) is 16.8 Å². The summed E-state index contributed by atoms with van der Waals surface area (Å²) in [6.45, 7) is 3.97. The Morgan fingerprint density at radius 2 is 2.05 bits per heavy atom. The quantitative estimate of drug-likeness (QED) is 0.572. The number of ether oxygens (including phenoxy) is 1. The van der Waals surface area contributed by atoms with Crippen molar-refractivity contribution in [3.63, 3.8) is 0 Å². The number of anilines is 1. The van der Waals surface area contributed by atoms with Gasteiger partial charge in [-0.25, -0.2) is 0 Å². The molecular weight excluding hydrogens is 258 g/mol. The van der Waals surface area contributed by atoms with E-state index in [1.54, 1.807) is 11.3 Å². The lowest BCUT2D eigenvalue weighted by Crippen LogP contribution is -2.24. The van der Waals surface area contributed by atoms with Crippen LogP contribution in [0.1, 0.15) is 45.4 Å². The van der Waals surface area contributed by atoms with E-state index in [2.05, 4.69) is 12.2 Å². The van der Waals surface area contributed by atoms with E-state index < -0.39 is 6.10 Å². The van der Waals surface area contributed by atoms with Crippen LogP contribution in [-0.4, -0.2) is 31.0 Å². The average molecular weight is 285 g/mol. The molecule has 19 heavy (non-hydrogen) atoms. The first-order valence-corrected chi connectivity index (χ1v) is 8.29. The van der Waals surface area contributed by atoms with Gasteiger partial charge in [0.25, 0.3) is 0 Å². The third kappa shape index (κ3) is 9.03. The van der Waals surface area contributed by atoms with Gasteiger partial charge in [-0.05, 0) is 17.9 Å². The van der Waals surface area contributed by atoms with Crippen LogP contribution in [0.25, 0.3) is 0 Å². The molecule has 1 aromatic heterocycles. The zero-order valence-electron chi connectivity index (χ0n) is 11.9. The van der Waals surface area contributed by atoms with Gasteiger partial charge in [-0.15, -0.1) is 0 Å². The van der Waals surface area contributed by atoms with Crippen LogP contribution in [-0.2, 0) is 4.74 Å². The highest BCUT2D eigenvalue weighted by Crippen LogP contribution is 2.11. The molecule has 0 amide bonds. The number of nitrogens with one attached hydrogen (secondary N) is 1. The van der Waals surface area contributed by atoms with E-state index in [0.29, 0.717) is 13.2 Å². The molecule has 0 saturated heterocycles. The summed E-state index contributed by atoms with van der Waals surface area (Å²) in [6.07, 6.45) is 7.19. The summed E-state index contributed by atoms with van der Waals surface area (Å²) < 4.78 is 5.48. The minimum Gasteiger partial charge on any atom is -0.389 e. The van der Waals surface area contributed by atoms with Crippen LogP contribution in [0.2, 0.25) is 0 Å². The van der Waals surface area contributed by atoms with Crippen molar-refractivity contribution >= 4 is 17.0 Å². The number of unbranched alkanes of at least 4 members (excludes halogenated alkanes) is 5. The summed E-state index contributed by atoms with van der Waals surface area (Å²) >= 11 is 1.65. The van der Waals surface area contributed by atoms with Crippen molar-refractivity contribution in [1.82, 2.24) is 0 Å². The smallest absolute Gasteiger partial charge is 0.0945 e. The van der Waals surface area contributed by atoms with Gasteiger partial charge in [0.2, 0.25) is 0 Å². The molecule has 2 N–H and O–H groups in total. The molecule has 1 atom stereocenters. The molecule has 0 aliphatic carbocycles. The average Bonchev–Trinajstić information content (AvgIpc) is 2.93. The minimum absolute atomic E-state index is 0.423. The second-order valence-corrected chi connectivity index (χ2v) is 5.67. The van der Waals surface area contributed by atoms with E-state index >= 15 is 0 Å². The molecule has 0 aliphatic heterocycles. The Morgan fingerprint density at radius 1 is 1.26 bits per heavy atom. The Morgan fingerprint density at radius 3 is 2.79 bits per heavy atom. The maximum atomic E-state index is 9.74. The van der Waals surface area contributed by atoms with Gasteiger partial charge in [-0.1, -0.05) is 39.0 Å². The van der Waals surface area contributed by atoms with E-state index in [0.717, 1.165) is 18.7 Å². The van der Waals surface area contributed by atoms with Gasteiger partial charge >= 0.3 is 0 Å². The van der Waals surface area contributed by atoms with Gasteiger partial charge in [-0.2, -0.15) is 11.3 Å². The predicted octanol–water partition coefficient (Wildman–Crippen LogP) is 3.90. The van der Waals surface area contributed by atoms with Crippen molar-refractivity contribution in [2.24, 2.45) is 0 Å². The number of hydrogen-bond donors (Lipinski definition) is 2. The Bertz CT molecular complexity index is 290. The first-order chi connectivity index (χ1) is 9.33. The molecule has 0 saturated carbocycles. The van der Waals surface area contributed by atoms with Crippen molar-refractivity contribution in [3.8, 4) is 0 Å². The molecule has 1 heterocycles. The molecule has 3 nitrogen and oxygen atoms in total. The lowest BCUT2D eigenvalue weighted by atomic mass is 10.1. The topological polar surface area (TPSA) is 41.5 Å². The molecule has 0 fully saturated rings. The molecular formula is C15H27NO2S. The highest BCUT2D eigenvalue weighted by atomic mass is 32.1. The van der Waals surface area contributed by atoms with Crippen LogP contribution in [0.15, 0.2) is 16.8 Å². The van der Waals surface area contributed by atoms with Gasteiger partial charge in [-0.3, -0.25) is 0 Å². The highest BCUT2D eigenvalue weighted by Gasteiger charge is 2.04. The van der Waals surface area contributed by atoms with Crippen LogP contribution in [0, 0.1) is 0 Å². The van der Waals surface area contributed by atoms with Crippen LogP contribution in [0.3, 0.4) is 0 Å². The Labute approximate surface area is 121 Å². The number of thiophene rings is 1. The summed E-state index contributed by atoms with van der Waals surface area (Å²) in [5, 5.41) is 17.0. The van der Waals surface area contributed by atoms with Crippen molar-refractivity contribution in [2.45, 2.75) is 51.6 Å². The van der Waals surface area contributed by atoms with Crippen LogP contribution < -0.4 is 5.32 Å². The first-order valence-electron chi connectivity index (χ1n) is 7.34. The predicted molar refractivity (Wildman–Crippen MR) is 83.0 cm³/mol. The fourth-order valence-electron chi connectivity index (χ4n) is 1.86. The molecule has 110 valence electrons. The van der Waals surface area contributed by atoms with E-state index in [1.807, 2.05) is 16.8 Å². The maximum absolute atomic E-state index is 9.74. The van der Waals surface area contributed by atoms with E-state index in [1.165, 1.54) is 32.1 Å². The second kappa shape index (κ2) is 11.3. The van der Waals surface area contributed by atoms with Crippen molar-refractivity contribution in [1.29, 1.82) is 0 Å². The zero-order chi connectivity index (χ0) is 13.8. The minimum atomic E-state index is -0.431. The number of aliphatic hydroxyl groups is 1. The molecule has 1 aromatic rings. The normalized spacial score (nSPS) is 12.5. The SMILES string of the molecule is CCCCCCCCOCC(O)CNc1ccsc1. The van der Waals surface area contributed by atoms with E-state index in [-0.39, 0.29) is 0 Å². The molecule has 0 aromatic carbocycles. The summed E-state index contributed by atoms with van der Waals surface area (Å²) in [4.78, 5) is 0. The number of hydrogen-bond acceptors (Lipinski definition) is 4. The number of aliphatic hydroxyl groups excluding tert-OH is 1. The third-order valence-electron chi connectivity index (χ3n) is 3.02. The first kappa shape index (κ1) is 16.5. The molecule has 4 heteroatoms. The Kier molecular flexibility index (Phi) is 9.77. The largest absolute Gasteiger partial charge is 0.389 e. The van der Waals surface area contributed by atoms with Crippen molar-refractivity contribution < 1.29 is 9.84 Å².